The third-order valence-electron chi connectivity index (χ3n) is 4.11. The average molecular weight is 262 g/mol. The minimum atomic E-state index is 0.658. The first kappa shape index (κ1) is 14.0. The zero-order valence-electron chi connectivity index (χ0n) is 12.2. The Kier molecular flexibility index (Phi) is 4.94. The molecule has 106 valence electrons. The second-order valence-electron chi connectivity index (χ2n) is 5.31. The van der Waals surface area contributed by atoms with Crippen molar-refractivity contribution in [2.45, 2.75) is 39.5 Å². The van der Waals surface area contributed by atoms with Gasteiger partial charge in [0.05, 0.1) is 18.0 Å². The van der Waals surface area contributed by atoms with E-state index in [4.69, 9.17) is 10.5 Å². The maximum absolute atomic E-state index is 6.25. The summed E-state index contributed by atoms with van der Waals surface area (Å²) in [6, 6.07) is 6.11. The Hall–Kier alpha value is -1.38. The van der Waals surface area contributed by atoms with Gasteiger partial charge in [0.1, 0.15) is 5.75 Å². The zero-order valence-corrected chi connectivity index (χ0v) is 12.2. The molecule has 0 spiro atoms. The minimum Gasteiger partial charge on any atom is -0.492 e. The fourth-order valence-corrected chi connectivity index (χ4v) is 2.90. The van der Waals surface area contributed by atoms with Crippen molar-refractivity contribution >= 4 is 11.4 Å². The van der Waals surface area contributed by atoms with Crippen LogP contribution in [0.2, 0.25) is 0 Å². The summed E-state index contributed by atoms with van der Waals surface area (Å²) in [5, 5.41) is 0. The first-order valence-electron chi connectivity index (χ1n) is 7.52. The van der Waals surface area contributed by atoms with E-state index in [9.17, 15) is 0 Å². The summed E-state index contributed by atoms with van der Waals surface area (Å²) in [5.41, 5.74) is 8.18. The average Bonchev–Trinajstić information content (AvgIpc) is 2.67. The maximum Gasteiger partial charge on any atom is 0.144 e. The SMILES string of the molecule is CCOc1cccc(N2CCCC(CC)CC2)c1N. The number of nitrogens with zero attached hydrogens (tertiary/aromatic N) is 1. The van der Waals surface area contributed by atoms with Crippen LogP contribution < -0.4 is 15.4 Å². The van der Waals surface area contributed by atoms with Crippen molar-refractivity contribution < 1.29 is 4.74 Å². The Balaban J connectivity index is 2.14. The summed E-state index contributed by atoms with van der Waals surface area (Å²) < 4.78 is 5.59. The number of ether oxygens (including phenoxy) is 1. The quantitative estimate of drug-likeness (QED) is 0.841. The molecule has 1 unspecified atom stereocenters. The topological polar surface area (TPSA) is 38.5 Å². The van der Waals surface area contributed by atoms with Gasteiger partial charge in [-0.25, -0.2) is 0 Å². The molecular weight excluding hydrogens is 236 g/mol. The predicted octanol–water partition coefficient (Wildman–Crippen LogP) is 3.68. The molecule has 3 nitrogen and oxygen atoms in total. The van der Waals surface area contributed by atoms with Crippen LogP contribution in [0.4, 0.5) is 11.4 Å². The highest BCUT2D eigenvalue weighted by Gasteiger charge is 2.18. The molecule has 1 aromatic carbocycles. The summed E-state index contributed by atoms with van der Waals surface area (Å²) >= 11 is 0. The molecule has 3 heteroatoms. The van der Waals surface area contributed by atoms with E-state index in [1.807, 2.05) is 19.1 Å². The van der Waals surface area contributed by atoms with Crippen molar-refractivity contribution in [2.24, 2.45) is 5.92 Å². The van der Waals surface area contributed by atoms with E-state index < -0.39 is 0 Å². The fraction of sp³-hybridized carbons (Fsp3) is 0.625. The van der Waals surface area contributed by atoms with Crippen LogP contribution in [0.15, 0.2) is 18.2 Å². The van der Waals surface area contributed by atoms with Gasteiger partial charge in [0.15, 0.2) is 0 Å². The van der Waals surface area contributed by atoms with Crippen LogP contribution in [0.5, 0.6) is 5.75 Å². The largest absolute Gasteiger partial charge is 0.492 e. The Bertz CT molecular complexity index is 406. The second kappa shape index (κ2) is 6.69. The van der Waals surface area contributed by atoms with Gasteiger partial charge in [-0.05, 0) is 44.2 Å². The van der Waals surface area contributed by atoms with E-state index in [2.05, 4.69) is 17.9 Å². The smallest absolute Gasteiger partial charge is 0.144 e. The molecule has 1 heterocycles. The minimum absolute atomic E-state index is 0.658. The van der Waals surface area contributed by atoms with Crippen LogP contribution >= 0.6 is 0 Å². The van der Waals surface area contributed by atoms with Gasteiger partial charge in [-0.3, -0.25) is 0 Å². The van der Waals surface area contributed by atoms with E-state index >= 15 is 0 Å². The summed E-state index contributed by atoms with van der Waals surface area (Å²) in [7, 11) is 0. The van der Waals surface area contributed by atoms with Crippen molar-refractivity contribution in [1.82, 2.24) is 0 Å². The van der Waals surface area contributed by atoms with E-state index in [1.165, 1.54) is 25.7 Å². The molecule has 1 atom stereocenters. The highest BCUT2D eigenvalue weighted by Crippen LogP contribution is 2.34. The second-order valence-corrected chi connectivity index (χ2v) is 5.31. The number of hydrogen-bond acceptors (Lipinski definition) is 3. The van der Waals surface area contributed by atoms with E-state index in [-0.39, 0.29) is 0 Å². The molecule has 1 aromatic rings. The van der Waals surface area contributed by atoms with Crippen LogP contribution in [0.25, 0.3) is 0 Å². The lowest BCUT2D eigenvalue weighted by Crippen LogP contribution is -2.25. The third kappa shape index (κ3) is 3.34. The molecule has 19 heavy (non-hydrogen) atoms. The van der Waals surface area contributed by atoms with Crippen molar-refractivity contribution in [3.63, 3.8) is 0 Å². The van der Waals surface area contributed by atoms with Crippen LogP contribution in [-0.4, -0.2) is 19.7 Å². The standard InChI is InChI=1S/C16H26N2O/c1-3-13-7-6-11-18(12-10-13)14-8-5-9-15(16(14)17)19-4-2/h5,8-9,13H,3-4,6-7,10-12,17H2,1-2H3. The number of anilines is 2. The molecule has 0 aliphatic carbocycles. The van der Waals surface area contributed by atoms with Gasteiger partial charge in [0, 0.05) is 13.1 Å². The highest BCUT2D eigenvalue weighted by molar-refractivity contribution is 5.74. The van der Waals surface area contributed by atoms with Crippen molar-refractivity contribution in [2.75, 3.05) is 30.3 Å². The monoisotopic (exact) mass is 262 g/mol. The lowest BCUT2D eigenvalue weighted by Gasteiger charge is -2.25. The summed E-state index contributed by atoms with van der Waals surface area (Å²) in [5.74, 6) is 1.69. The van der Waals surface area contributed by atoms with Gasteiger partial charge in [-0.1, -0.05) is 19.4 Å². The predicted molar refractivity (Wildman–Crippen MR) is 81.9 cm³/mol. The molecule has 2 rings (SSSR count). The first-order valence-corrected chi connectivity index (χ1v) is 7.52. The molecular formula is C16H26N2O. The third-order valence-corrected chi connectivity index (χ3v) is 4.11. The maximum atomic E-state index is 6.25. The van der Waals surface area contributed by atoms with Gasteiger partial charge in [0.25, 0.3) is 0 Å². The van der Waals surface area contributed by atoms with Gasteiger partial charge in [0.2, 0.25) is 0 Å². The van der Waals surface area contributed by atoms with E-state index in [1.54, 1.807) is 0 Å². The first-order chi connectivity index (χ1) is 9.26. The molecule has 0 radical (unpaired) electrons. The number of benzene rings is 1. The van der Waals surface area contributed by atoms with Gasteiger partial charge in [-0.2, -0.15) is 0 Å². The van der Waals surface area contributed by atoms with Gasteiger partial charge >= 0.3 is 0 Å². The molecule has 1 aliphatic heterocycles. The number of hydrogen-bond donors (Lipinski definition) is 1. The van der Waals surface area contributed by atoms with Crippen LogP contribution in [-0.2, 0) is 0 Å². The highest BCUT2D eigenvalue weighted by atomic mass is 16.5. The number of nitrogen functional groups attached to an aromatic ring is 1. The Morgan fingerprint density at radius 3 is 2.84 bits per heavy atom. The van der Waals surface area contributed by atoms with Gasteiger partial charge < -0.3 is 15.4 Å². The number of para-hydroxylation sites is 1. The Labute approximate surface area is 116 Å². The van der Waals surface area contributed by atoms with Gasteiger partial charge in [-0.15, -0.1) is 0 Å². The summed E-state index contributed by atoms with van der Waals surface area (Å²) in [6.07, 6.45) is 5.17. The molecule has 1 fully saturated rings. The van der Waals surface area contributed by atoms with Crippen LogP contribution in [0.3, 0.4) is 0 Å². The summed E-state index contributed by atoms with van der Waals surface area (Å²) in [6.45, 7) is 7.16. The van der Waals surface area contributed by atoms with E-state index in [0.717, 1.165) is 36.1 Å². The zero-order chi connectivity index (χ0) is 13.7. The molecule has 1 aliphatic rings. The summed E-state index contributed by atoms with van der Waals surface area (Å²) in [4.78, 5) is 2.42. The van der Waals surface area contributed by atoms with Crippen LogP contribution in [0.1, 0.15) is 39.5 Å². The molecule has 1 saturated heterocycles. The fourth-order valence-electron chi connectivity index (χ4n) is 2.90. The molecule has 0 saturated carbocycles. The lowest BCUT2D eigenvalue weighted by molar-refractivity contribution is 0.342. The van der Waals surface area contributed by atoms with Crippen molar-refractivity contribution in [3.05, 3.63) is 18.2 Å². The Morgan fingerprint density at radius 2 is 2.11 bits per heavy atom. The normalized spacial score (nSPS) is 20.1. The van der Waals surface area contributed by atoms with Crippen molar-refractivity contribution in [3.8, 4) is 5.75 Å². The van der Waals surface area contributed by atoms with Crippen LogP contribution in [0, 0.1) is 5.92 Å². The number of rotatable bonds is 4. The molecule has 0 bridgehead atoms. The Morgan fingerprint density at radius 1 is 1.26 bits per heavy atom. The number of nitrogens with two attached hydrogens (primary N) is 1. The molecule has 0 amide bonds. The lowest BCUT2D eigenvalue weighted by atomic mass is 9.98. The molecule has 0 aromatic heterocycles. The molecule has 2 N–H and O–H groups in total. The van der Waals surface area contributed by atoms with E-state index in [0.29, 0.717) is 6.61 Å². The van der Waals surface area contributed by atoms with Crippen molar-refractivity contribution in [1.29, 1.82) is 0 Å².